The molecule has 1 rings (SSSR count). The third-order valence-electron chi connectivity index (χ3n) is 1.95. The van der Waals surface area contributed by atoms with Crippen LogP contribution < -0.4 is 11.1 Å². The first-order chi connectivity index (χ1) is 7.24. The molecule has 1 aromatic carbocycles. The highest BCUT2D eigenvalue weighted by atomic mass is 16.5. The largest absolute Gasteiger partial charge is 0.465 e. The molecular weight excluding hydrogens is 192 g/mol. The lowest BCUT2D eigenvalue weighted by molar-refractivity contribution is -0.142. The number of carbonyl (C=O) groups is 1. The predicted octanol–water partition coefficient (Wildman–Crippen LogP) is 0.921. The minimum atomic E-state index is -0.244. The van der Waals surface area contributed by atoms with E-state index in [0.717, 1.165) is 11.3 Å². The number of hydrogen-bond acceptors (Lipinski definition) is 4. The van der Waals surface area contributed by atoms with Gasteiger partial charge in [-0.25, -0.2) is 0 Å². The molecule has 4 heteroatoms. The molecule has 4 nitrogen and oxygen atoms in total. The molecule has 3 N–H and O–H groups in total. The van der Waals surface area contributed by atoms with Crippen molar-refractivity contribution in [3.05, 3.63) is 29.8 Å². The zero-order valence-electron chi connectivity index (χ0n) is 8.82. The molecule has 0 atom stereocenters. The fraction of sp³-hybridized carbons (Fsp3) is 0.364. The molecule has 0 saturated heterocycles. The summed E-state index contributed by atoms with van der Waals surface area (Å²) < 4.78 is 4.78. The van der Waals surface area contributed by atoms with E-state index in [0.29, 0.717) is 13.2 Å². The molecule has 0 fully saturated rings. The summed E-state index contributed by atoms with van der Waals surface area (Å²) in [5, 5.41) is 2.97. The summed E-state index contributed by atoms with van der Waals surface area (Å²) in [6.45, 7) is 2.98. The summed E-state index contributed by atoms with van der Waals surface area (Å²) in [5.41, 5.74) is 7.46. The summed E-state index contributed by atoms with van der Waals surface area (Å²) in [6, 6.07) is 7.55. The van der Waals surface area contributed by atoms with Crippen LogP contribution in [0.15, 0.2) is 24.3 Å². The van der Waals surface area contributed by atoms with Gasteiger partial charge in [0.1, 0.15) is 0 Å². The van der Waals surface area contributed by atoms with Crippen molar-refractivity contribution in [3.63, 3.8) is 0 Å². The second kappa shape index (κ2) is 6.03. The van der Waals surface area contributed by atoms with Crippen LogP contribution >= 0.6 is 0 Å². The summed E-state index contributed by atoms with van der Waals surface area (Å²) in [7, 11) is 0. The van der Waals surface area contributed by atoms with Gasteiger partial charge >= 0.3 is 5.97 Å². The Hall–Kier alpha value is -1.55. The molecular formula is C11H16N2O2. The van der Waals surface area contributed by atoms with Crippen molar-refractivity contribution in [1.82, 2.24) is 5.32 Å². The van der Waals surface area contributed by atoms with Gasteiger partial charge in [0, 0.05) is 12.2 Å². The van der Waals surface area contributed by atoms with Crippen LogP contribution in [0.2, 0.25) is 0 Å². The lowest BCUT2D eigenvalue weighted by Crippen LogP contribution is -2.24. The van der Waals surface area contributed by atoms with Gasteiger partial charge in [0.2, 0.25) is 0 Å². The monoisotopic (exact) mass is 208 g/mol. The average Bonchev–Trinajstić information content (AvgIpc) is 2.21. The quantitative estimate of drug-likeness (QED) is 0.558. The van der Waals surface area contributed by atoms with Crippen LogP contribution in [0.3, 0.4) is 0 Å². The zero-order chi connectivity index (χ0) is 11.1. The summed E-state index contributed by atoms with van der Waals surface area (Å²) in [4.78, 5) is 11.0. The molecule has 0 radical (unpaired) electrons. The van der Waals surface area contributed by atoms with Crippen molar-refractivity contribution in [2.24, 2.45) is 0 Å². The number of para-hydroxylation sites is 1. The third kappa shape index (κ3) is 3.99. The van der Waals surface area contributed by atoms with E-state index in [-0.39, 0.29) is 12.5 Å². The van der Waals surface area contributed by atoms with Crippen molar-refractivity contribution >= 4 is 11.7 Å². The number of esters is 1. The standard InChI is InChI=1S/C11H16N2O2/c1-2-15-11(14)8-13-7-9-5-3-4-6-10(9)12/h3-6,13H,2,7-8,12H2,1H3. The Bertz CT molecular complexity index is 326. The van der Waals surface area contributed by atoms with Gasteiger partial charge in [-0.3, -0.25) is 4.79 Å². The highest BCUT2D eigenvalue weighted by Crippen LogP contribution is 2.09. The molecule has 0 aliphatic heterocycles. The van der Waals surface area contributed by atoms with E-state index in [1.807, 2.05) is 24.3 Å². The maximum Gasteiger partial charge on any atom is 0.319 e. The van der Waals surface area contributed by atoms with E-state index in [2.05, 4.69) is 5.32 Å². The van der Waals surface area contributed by atoms with Crippen LogP contribution in [0.5, 0.6) is 0 Å². The number of benzene rings is 1. The zero-order valence-corrected chi connectivity index (χ0v) is 8.82. The number of ether oxygens (including phenoxy) is 1. The molecule has 82 valence electrons. The first-order valence-electron chi connectivity index (χ1n) is 4.93. The first kappa shape index (κ1) is 11.5. The number of hydrogen-bond donors (Lipinski definition) is 2. The molecule has 0 heterocycles. The SMILES string of the molecule is CCOC(=O)CNCc1ccccc1N. The second-order valence-electron chi connectivity index (χ2n) is 3.11. The Balaban J connectivity index is 2.32. The van der Waals surface area contributed by atoms with Crippen LogP contribution in [0.25, 0.3) is 0 Å². The van der Waals surface area contributed by atoms with Crippen LogP contribution in [-0.2, 0) is 16.1 Å². The maximum absolute atomic E-state index is 11.0. The van der Waals surface area contributed by atoms with Crippen molar-refractivity contribution in [3.8, 4) is 0 Å². The molecule has 0 spiro atoms. The van der Waals surface area contributed by atoms with E-state index in [1.54, 1.807) is 6.92 Å². The smallest absolute Gasteiger partial charge is 0.319 e. The van der Waals surface area contributed by atoms with Crippen molar-refractivity contribution in [2.75, 3.05) is 18.9 Å². The van der Waals surface area contributed by atoms with Crippen LogP contribution in [0.1, 0.15) is 12.5 Å². The van der Waals surface area contributed by atoms with Crippen LogP contribution in [0.4, 0.5) is 5.69 Å². The Morgan fingerprint density at radius 1 is 1.47 bits per heavy atom. The molecule has 0 unspecified atom stereocenters. The number of nitrogen functional groups attached to an aromatic ring is 1. The van der Waals surface area contributed by atoms with E-state index < -0.39 is 0 Å². The van der Waals surface area contributed by atoms with Gasteiger partial charge in [0.05, 0.1) is 13.2 Å². The van der Waals surface area contributed by atoms with Crippen LogP contribution in [0, 0.1) is 0 Å². The predicted molar refractivity (Wildman–Crippen MR) is 59.2 cm³/mol. The van der Waals surface area contributed by atoms with Gasteiger partial charge in [-0.2, -0.15) is 0 Å². The number of nitrogens with two attached hydrogens (primary N) is 1. The van der Waals surface area contributed by atoms with Crippen molar-refractivity contribution in [2.45, 2.75) is 13.5 Å². The number of anilines is 1. The van der Waals surface area contributed by atoms with E-state index >= 15 is 0 Å². The van der Waals surface area contributed by atoms with Gasteiger partial charge in [0.25, 0.3) is 0 Å². The highest BCUT2D eigenvalue weighted by Gasteiger charge is 2.01. The van der Waals surface area contributed by atoms with Gasteiger partial charge in [-0.05, 0) is 18.6 Å². The maximum atomic E-state index is 11.0. The molecule has 1 aromatic rings. The molecule has 0 amide bonds. The molecule has 0 bridgehead atoms. The molecule has 15 heavy (non-hydrogen) atoms. The van der Waals surface area contributed by atoms with Crippen molar-refractivity contribution in [1.29, 1.82) is 0 Å². The normalized spacial score (nSPS) is 9.93. The van der Waals surface area contributed by atoms with E-state index in [4.69, 9.17) is 10.5 Å². The number of nitrogens with one attached hydrogen (secondary N) is 1. The Morgan fingerprint density at radius 2 is 2.20 bits per heavy atom. The van der Waals surface area contributed by atoms with E-state index in [9.17, 15) is 4.79 Å². The Morgan fingerprint density at radius 3 is 2.87 bits per heavy atom. The Labute approximate surface area is 89.4 Å². The van der Waals surface area contributed by atoms with Gasteiger partial charge in [-0.1, -0.05) is 18.2 Å². The fourth-order valence-corrected chi connectivity index (χ4v) is 1.21. The molecule has 0 aliphatic rings. The minimum Gasteiger partial charge on any atom is -0.465 e. The summed E-state index contributed by atoms with van der Waals surface area (Å²) in [5.74, 6) is -0.244. The number of carbonyl (C=O) groups excluding carboxylic acids is 1. The summed E-state index contributed by atoms with van der Waals surface area (Å²) >= 11 is 0. The lowest BCUT2D eigenvalue weighted by Gasteiger charge is -2.06. The van der Waals surface area contributed by atoms with Gasteiger partial charge < -0.3 is 15.8 Å². The fourth-order valence-electron chi connectivity index (χ4n) is 1.21. The molecule has 0 aromatic heterocycles. The topological polar surface area (TPSA) is 64.3 Å². The third-order valence-corrected chi connectivity index (χ3v) is 1.95. The molecule has 0 saturated carbocycles. The van der Waals surface area contributed by atoms with Gasteiger partial charge in [-0.15, -0.1) is 0 Å². The second-order valence-corrected chi connectivity index (χ2v) is 3.11. The Kier molecular flexibility index (Phi) is 4.63. The molecule has 0 aliphatic carbocycles. The first-order valence-corrected chi connectivity index (χ1v) is 4.93. The highest BCUT2D eigenvalue weighted by molar-refractivity contribution is 5.71. The van der Waals surface area contributed by atoms with E-state index in [1.165, 1.54) is 0 Å². The number of rotatable bonds is 5. The van der Waals surface area contributed by atoms with Gasteiger partial charge in [0.15, 0.2) is 0 Å². The van der Waals surface area contributed by atoms with Crippen molar-refractivity contribution < 1.29 is 9.53 Å². The average molecular weight is 208 g/mol. The lowest BCUT2D eigenvalue weighted by atomic mass is 10.2. The van der Waals surface area contributed by atoms with Crippen LogP contribution in [-0.4, -0.2) is 19.1 Å². The minimum absolute atomic E-state index is 0.210. The summed E-state index contributed by atoms with van der Waals surface area (Å²) in [6.07, 6.45) is 0.